The lowest BCUT2D eigenvalue weighted by Gasteiger charge is -2.22. The lowest BCUT2D eigenvalue weighted by atomic mass is 10.1. The van der Waals surface area contributed by atoms with Gasteiger partial charge in [-0.2, -0.15) is 5.10 Å². The Kier molecular flexibility index (Phi) is 8.09. The van der Waals surface area contributed by atoms with Crippen LogP contribution in [-0.2, 0) is 0 Å². The highest BCUT2D eigenvalue weighted by Crippen LogP contribution is 2.16. The van der Waals surface area contributed by atoms with Crippen molar-refractivity contribution >= 4 is 18.3 Å². The van der Waals surface area contributed by atoms with Crippen LogP contribution in [0.2, 0.25) is 0 Å². The number of amides is 1. The third kappa shape index (κ3) is 6.23. The lowest BCUT2D eigenvalue weighted by molar-refractivity contribution is 0.0838. The topological polar surface area (TPSA) is 88.4 Å². The Morgan fingerprint density at radius 3 is 3.07 bits per heavy atom. The number of carbonyl (C=O) groups excluding carboxylic acids is 1. The molecule has 3 N–H and O–H groups in total. The number of aromatic nitrogens is 2. The molecule has 7 nitrogen and oxygen atoms in total. The summed E-state index contributed by atoms with van der Waals surface area (Å²) in [6, 6.07) is 9.62. The van der Waals surface area contributed by atoms with E-state index in [9.17, 15) is 9.90 Å². The first-order valence-electron chi connectivity index (χ1n) is 9.03. The van der Waals surface area contributed by atoms with Crippen LogP contribution in [0.1, 0.15) is 34.9 Å². The summed E-state index contributed by atoms with van der Waals surface area (Å²) in [7, 11) is 0. The molecular weight excluding hydrogens is 368 g/mol. The van der Waals surface area contributed by atoms with Crippen molar-refractivity contribution in [2.24, 2.45) is 0 Å². The van der Waals surface area contributed by atoms with E-state index < -0.39 is 6.10 Å². The van der Waals surface area contributed by atoms with Crippen molar-refractivity contribution in [3.05, 3.63) is 47.8 Å². The number of carbonyl (C=O) groups is 1. The lowest BCUT2D eigenvalue weighted by Crippen LogP contribution is -2.36. The predicted molar refractivity (Wildman–Crippen MR) is 106 cm³/mol. The fraction of sp³-hybridized carbons (Fsp3) is 0.474. The van der Waals surface area contributed by atoms with E-state index in [-0.39, 0.29) is 31.5 Å². The fourth-order valence-electron chi connectivity index (χ4n) is 2.98. The Balaban J connectivity index is 0.00000261. The van der Waals surface area contributed by atoms with Crippen molar-refractivity contribution in [3.63, 3.8) is 0 Å². The zero-order valence-electron chi connectivity index (χ0n) is 15.4. The molecule has 1 saturated heterocycles. The predicted octanol–water partition coefficient (Wildman–Crippen LogP) is 1.71. The molecule has 27 heavy (non-hydrogen) atoms. The summed E-state index contributed by atoms with van der Waals surface area (Å²) < 4.78 is 7.39. The Morgan fingerprint density at radius 1 is 1.48 bits per heavy atom. The second kappa shape index (κ2) is 10.3. The number of piperidine rings is 1. The van der Waals surface area contributed by atoms with Gasteiger partial charge in [0.05, 0.1) is 6.04 Å². The first kappa shape index (κ1) is 21.2. The van der Waals surface area contributed by atoms with Gasteiger partial charge in [-0.1, -0.05) is 12.1 Å². The number of hydrogen-bond acceptors (Lipinski definition) is 5. The first-order valence-corrected chi connectivity index (χ1v) is 9.03. The summed E-state index contributed by atoms with van der Waals surface area (Å²) in [6.45, 7) is 4.12. The van der Waals surface area contributed by atoms with Crippen LogP contribution in [0.5, 0.6) is 5.75 Å². The highest BCUT2D eigenvalue weighted by atomic mass is 35.5. The SMILES string of the molecule is Cc1cccc(OCC(O)CNC(=O)c2ccn(C3CCCNC3)n2)c1.Cl. The maximum atomic E-state index is 12.2. The number of benzene rings is 1. The minimum Gasteiger partial charge on any atom is -0.491 e. The van der Waals surface area contributed by atoms with Crippen molar-refractivity contribution in [2.75, 3.05) is 26.2 Å². The van der Waals surface area contributed by atoms with Crippen molar-refractivity contribution in [3.8, 4) is 5.75 Å². The normalized spacial score (nSPS) is 17.6. The molecule has 1 aromatic carbocycles. The molecular formula is C19H27ClN4O3. The molecule has 8 heteroatoms. The Bertz CT molecular complexity index is 731. The Morgan fingerprint density at radius 2 is 2.33 bits per heavy atom. The maximum absolute atomic E-state index is 12.2. The van der Waals surface area contributed by atoms with Gasteiger partial charge in [0, 0.05) is 19.3 Å². The third-order valence-electron chi connectivity index (χ3n) is 4.42. The number of aliphatic hydroxyl groups excluding tert-OH is 1. The molecule has 1 fully saturated rings. The van der Waals surface area contributed by atoms with Crippen molar-refractivity contribution in [1.29, 1.82) is 0 Å². The standard InChI is InChI=1S/C19H26N4O3.ClH/c1-14-4-2-6-17(10-14)26-13-16(24)12-21-19(25)18-7-9-23(22-18)15-5-3-8-20-11-15;/h2,4,6-7,9-10,15-16,20,24H,3,5,8,11-13H2,1H3,(H,21,25);1H. The minimum absolute atomic E-state index is 0. The van der Waals surface area contributed by atoms with E-state index in [1.165, 1.54) is 0 Å². The second-order valence-corrected chi connectivity index (χ2v) is 6.67. The van der Waals surface area contributed by atoms with Crippen LogP contribution in [0.3, 0.4) is 0 Å². The quantitative estimate of drug-likeness (QED) is 0.665. The number of halogens is 1. The molecule has 1 aliphatic heterocycles. The molecule has 2 atom stereocenters. The van der Waals surface area contributed by atoms with Crippen LogP contribution < -0.4 is 15.4 Å². The van der Waals surface area contributed by atoms with Crippen LogP contribution in [0.4, 0.5) is 0 Å². The summed E-state index contributed by atoms with van der Waals surface area (Å²) >= 11 is 0. The van der Waals surface area contributed by atoms with Gasteiger partial charge in [0.15, 0.2) is 0 Å². The summed E-state index contributed by atoms with van der Waals surface area (Å²) in [4.78, 5) is 12.2. The molecule has 1 aromatic heterocycles. The van der Waals surface area contributed by atoms with E-state index in [4.69, 9.17) is 4.74 Å². The van der Waals surface area contributed by atoms with Crippen molar-refractivity contribution in [1.82, 2.24) is 20.4 Å². The largest absolute Gasteiger partial charge is 0.491 e. The number of ether oxygens (including phenoxy) is 1. The molecule has 3 rings (SSSR count). The smallest absolute Gasteiger partial charge is 0.271 e. The van der Waals surface area contributed by atoms with Crippen molar-refractivity contribution in [2.45, 2.75) is 31.9 Å². The molecule has 1 amide bonds. The average molecular weight is 395 g/mol. The summed E-state index contributed by atoms with van der Waals surface area (Å²) in [5, 5.41) is 20.4. The third-order valence-corrected chi connectivity index (χ3v) is 4.42. The zero-order chi connectivity index (χ0) is 18.4. The molecule has 2 aromatic rings. The Labute approximate surface area is 165 Å². The van der Waals surface area contributed by atoms with Gasteiger partial charge in [-0.25, -0.2) is 0 Å². The molecule has 2 unspecified atom stereocenters. The van der Waals surface area contributed by atoms with Crippen LogP contribution >= 0.6 is 12.4 Å². The molecule has 1 aliphatic rings. The van der Waals surface area contributed by atoms with Gasteiger partial charge in [-0.05, 0) is 50.1 Å². The van der Waals surface area contributed by atoms with E-state index in [2.05, 4.69) is 15.7 Å². The van der Waals surface area contributed by atoms with Crippen LogP contribution in [0.15, 0.2) is 36.5 Å². The minimum atomic E-state index is -0.788. The van der Waals surface area contributed by atoms with Gasteiger partial charge in [-0.3, -0.25) is 9.48 Å². The molecule has 2 heterocycles. The first-order chi connectivity index (χ1) is 12.6. The van der Waals surface area contributed by atoms with Crippen LogP contribution in [0.25, 0.3) is 0 Å². The zero-order valence-corrected chi connectivity index (χ0v) is 16.2. The highest BCUT2D eigenvalue weighted by molar-refractivity contribution is 5.92. The van der Waals surface area contributed by atoms with Gasteiger partial charge in [0.2, 0.25) is 0 Å². The monoisotopic (exact) mass is 394 g/mol. The van der Waals surface area contributed by atoms with E-state index >= 15 is 0 Å². The van der Waals surface area contributed by atoms with E-state index in [1.54, 1.807) is 6.07 Å². The molecule has 0 spiro atoms. The van der Waals surface area contributed by atoms with Crippen molar-refractivity contribution < 1.29 is 14.6 Å². The molecule has 0 saturated carbocycles. The summed E-state index contributed by atoms with van der Waals surface area (Å²) in [5.74, 6) is 0.414. The number of aryl methyl sites for hydroxylation is 1. The fourth-order valence-corrected chi connectivity index (χ4v) is 2.98. The summed E-state index contributed by atoms with van der Waals surface area (Å²) in [5.41, 5.74) is 1.46. The maximum Gasteiger partial charge on any atom is 0.271 e. The van der Waals surface area contributed by atoms with Gasteiger partial charge in [-0.15, -0.1) is 12.4 Å². The number of hydrogen-bond donors (Lipinski definition) is 3. The van der Waals surface area contributed by atoms with Crippen LogP contribution in [0, 0.1) is 6.92 Å². The number of aliphatic hydroxyl groups is 1. The number of rotatable bonds is 7. The van der Waals surface area contributed by atoms with E-state index in [0.29, 0.717) is 17.5 Å². The van der Waals surface area contributed by atoms with Gasteiger partial charge in [0.25, 0.3) is 5.91 Å². The Hall–Kier alpha value is -2.09. The van der Waals surface area contributed by atoms with Gasteiger partial charge < -0.3 is 20.5 Å². The molecule has 0 aliphatic carbocycles. The highest BCUT2D eigenvalue weighted by Gasteiger charge is 2.18. The van der Waals surface area contributed by atoms with Gasteiger partial charge in [0.1, 0.15) is 24.2 Å². The van der Waals surface area contributed by atoms with Crippen LogP contribution in [-0.4, -0.2) is 53.1 Å². The molecule has 0 radical (unpaired) electrons. The summed E-state index contributed by atoms with van der Waals surface area (Å²) in [6.07, 6.45) is 3.22. The van der Waals surface area contributed by atoms with E-state index in [0.717, 1.165) is 31.5 Å². The van der Waals surface area contributed by atoms with E-state index in [1.807, 2.05) is 42.1 Å². The van der Waals surface area contributed by atoms with Gasteiger partial charge >= 0.3 is 0 Å². The average Bonchev–Trinajstić information content (AvgIpc) is 3.15. The number of nitrogens with one attached hydrogen (secondary N) is 2. The second-order valence-electron chi connectivity index (χ2n) is 6.67. The molecule has 0 bridgehead atoms. The molecule has 148 valence electrons. The number of nitrogens with zero attached hydrogens (tertiary/aromatic N) is 2.